The van der Waals surface area contributed by atoms with Gasteiger partial charge in [0.15, 0.2) is 6.10 Å². The van der Waals surface area contributed by atoms with Crippen LogP contribution in [0, 0.1) is 0 Å². The Hall–Kier alpha value is -1.14. The molecule has 1 heterocycles. The summed E-state index contributed by atoms with van der Waals surface area (Å²) in [5.41, 5.74) is 0. The van der Waals surface area contributed by atoms with Crippen LogP contribution in [0.1, 0.15) is 6.92 Å². The van der Waals surface area contributed by atoms with Gasteiger partial charge in [0.05, 0.1) is 13.1 Å². The van der Waals surface area contributed by atoms with Crippen LogP contribution in [0.4, 0.5) is 0 Å². The van der Waals surface area contributed by atoms with Crippen LogP contribution in [0.15, 0.2) is 4.99 Å². The highest BCUT2D eigenvalue weighted by Gasteiger charge is 2.16. The van der Waals surface area contributed by atoms with Gasteiger partial charge in [-0.05, 0) is 6.92 Å². The molecule has 0 aromatic rings. The molecule has 0 fully saturated rings. The van der Waals surface area contributed by atoms with Crippen molar-refractivity contribution < 1.29 is 20.2 Å². The van der Waals surface area contributed by atoms with Crippen molar-refractivity contribution in [2.75, 3.05) is 13.1 Å². The summed E-state index contributed by atoms with van der Waals surface area (Å²) in [7, 11) is 0. The molecule has 6 nitrogen and oxygen atoms in total. The molecule has 1 rings (SSSR count). The summed E-state index contributed by atoms with van der Waals surface area (Å²) >= 11 is 0. The molecule has 6 heteroatoms. The maximum absolute atomic E-state index is 10.3. The van der Waals surface area contributed by atoms with E-state index in [1.54, 1.807) is 0 Å². The van der Waals surface area contributed by atoms with E-state index in [0.717, 1.165) is 0 Å². The first-order chi connectivity index (χ1) is 5.20. The maximum atomic E-state index is 10.3. The van der Waals surface area contributed by atoms with Crippen LogP contribution in [-0.2, 0) is 9.63 Å². The van der Waals surface area contributed by atoms with Crippen LogP contribution in [0.2, 0.25) is 0 Å². The number of aliphatic imine (C=N–C) groups is 1. The van der Waals surface area contributed by atoms with Crippen LogP contribution in [0.5, 0.6) is 0 Å². The van der Waals surface area contributed by atoms with Gasteiger partial charge in [-0.2, -0.15) is 0 Å². The lowest BCUT2D eigenvalue weighted by molar-refractivity contribution is -0.174. The van der Waals surface area contributed by atoms with Crippen molar-refractivity contribution in [3.8, 4) is 0 Å². The monoisotopic (exact) mass is 176 g/mol. The molecule has 1 atom stereocenters. The van der Waals surface area contributed by atoms with E-state index in [-0.39, 0.29) is 5.48 Å². The van der Waals surface area contributed by atoms with Gasteiger partial charge in [-0.25, -0.2) is 9.86 Å². The van der Waals surface area contributed by atoms with Gasteiger partial charge in [0.25, 0.3) is 0 Å². The highest BCUT2D eigenvalue weighted by molar-refractivity contribution is 5.71. The first-order valence-electron chi connectivity index (χ1n) is 3.36. The van der Waals surface area contributed by atoms with Gasteiger partial charge in [0.2, 0.25) is 0 Å². The Kier molecular flexibility index (Phi) is 4.24. The predicted octanol–water partition coefficient (Wildman–Crippen LogP) is -1.09. The molecule has 0 bridgehead atoms. The minimum absolute atomic E-state index is 0. The Bertz CT molecular complexity index is 182. The third kappa shape index (κ3) is 2.85. The second-order valence-corrected chi connectivity index (χ2v) is 2.25. The highest BCUT2D eigenvalue weighted by atomic mass is 16.7. The molecule has 0 aromatic carbocycles. The Morgan fingerprint density at radius 2 is 2.50 bits per heavy atom. The van der Waals surface area contributed by atoms with Crippen LogP contribution in [-0.4, -0.2) is 47.1 Å². The Labute approximate surface area is 69.7 Å². The summed E-state index contributed by atoms with van der Waals surface area (Å²) in [6.07, 6.45) is 0.693. The number of carboxylic acids is 1. The SMILES string of the molecule is CC(ON1C=NCC1)C(=O)O.O. The molecule has 70 valence electrons. The smallest absolute Gasteiger partial charge is 0.335 e. The number of aliphatic carboxylic acids is 1. The molecular formula is C6H12N2O4. The fourth-order valence-corrected chi connectivity index (χ4v) is 0.691. The lowest BCUT2D eigenvalue weighted by Crippen LogP contribution is -2.30. The highest BCUT2D eigenvalue weighted by Crippen LogP contribution is 1.99. The molecule has 0 spiro atoms. The normalized spacial score (nSPS) is 17.2. The standard InChI is InChI=1S/C6H10N2O3.H2O/c1-5(6(9)10)11-8-3-2-7-4-8;/h4-5H,2-3H2,1H3,(H,9,10);1H2. The number of rotatable bonds is 3. The van der Waals surface area contributed by atoms with Gasteiger partial charge in [-0.1, -0.05) is 0 Å². The Balaban J connectivity index is 0.00000121. The van der Waals surface area contributed by atoms with Gasteiger partial charge in [-0.15, -0.1) is 0 Å². The summed E-state index contributed by atoms with van der Waals surface area (Å²) < 4.78 is 0. The number of hydrogen-bond donors (Lipinski definition) is 1. The summed E-state index contributed by atoms with van der Waals surface area (Å²) in [5, 5.41) is 9.88. The minimum Gasteiger partial charge on any atom is -0.479 e. The lowest BCUT2D eigenvalue weighted by atomic mass is 10.4. The zero-order valence-corrected chi connectivity index (χ0v) is 6.73. The second kappa shape index (κ2) is 4.68. The van der Waals surface area contributed by atoms with Crippen molar-refractivity contribution >= 4 is 12.3 Å². The third-order valence-corrected chi connectivity index (χ3v) is 1.30. The van der Waals surface area contributed by atoms with E-state index in [1.165, 1.54) is 18.3 Å². The molecule has 0 saturated carbocycles. The van der Waals surface area contributed by atoms with E-state index in [1.807, 2.05) is 0 Å². The van der Waals surface area contributed by atoms with E-state index in [0.29, 0.717) is 13.1 Å². The van der Waals surface area contributed by atoms with Crippen molar-refractivity contribution in [3.05, 3.63) is 0 Å². The number of carboxylic acid groups (broad SMARTS) is 1. The molecule has 3 N–H and O–H groups in total. The zero-order valence-electron chi connectivity index (χ0n) is 6.73. The molecule has 12 heavy (non-hydrogen) atoms. The van der Waals surface area contributed by atoms with E-state index >= 15 is 0 Å². The molecular weight excluding hydrogens is 164 g/mol. The molecule has 0 aromatic heterocycles. The van der Waals surface area contributed by atoms with E-state index < -0.39 is 12.1 Å². The first kappa shape index (κ1) is 10.9. The number of nitrogens with zero attached hydrogens (tertiary/aromatic N) is 2. The number of carbonyl (C=O) groups is 1. The van der Waals surface area contributed by atoms with Gasteiger partial charge >= 0.3 is 5.97 Å². The van der Waals surface area contributed by atoms with Gasteiger partial charge in [-0.3, -0.25) is 9.83 Å². The van der Waals surface area contributed by atoms with Gasteiger partial charge in [0, 0.05) is 0 Å². The topological polar surface area (TPSA) is 93.6 Å². The number of hydroxylamine groups is 2. The first-order valence-corrected chi connectivity index (χ1v) is 3.36. The van der Waals surface area contributed by atoms with Crippen LogP contribution in [0.3, 0.4) is 0 Å². The Morgan fingerprint density at radius 1 is 1.83 bits per heavy atom. The van der Waals surface area contributed by atoms with E-state index in [9.17, 15) is 4.79 Å². The fraction of sp³-hybridized carbons (Fsp3) is 0.667. The molecule has 1 aliphatic heterocycles. The second-order valence-electron chi connectivity index (χ2n) is 2.25. The van der Waals surface area contributed by atoms with Crippen molar-refractivity contribution in [2.24, 2.45) is 4.99 Å². The fourth-order valence-electron chi connectivity index (χ4n) is 0.691. The molecule has 0 amide bonds. The largest absolute Gasteiger partial charge is 0.479 e. The minimum atomic E-state index is -0.967. The Morgan fingerprint density at radius 3 is 2.92 bits per heavy atom. The lowest BCUT2D eigenvalue weighted by Gasteiger charge is -2.16. The van der Waals surface area contributed by atoms with Crippen LogP contribution >= 0.6 is 0 Å². The van der Waals surface area contributed by atoms with E-state index in [4.69, 9.17) is 9.94 Å². The van der Waals surface area contributed by atoms with Crippen molar-refractivity contribution in [3.63, 3.8) is 0 Å². The van der Waals surface area contributed by atoms with Crippen molar-refractivity contribution in [1.29, 1.82) is 0 Å². The molecule has 0 saturated heterocycles. The summed E-state index contributed by atoms with van der Waals surface area (Å²) in [6.45, 7) is 2.79. The summed E-state index contributed by atoms with van der Waals surface area (Å²) in [5.74, 6) is -0.967. The number of hydrogen-bond acceptors (Lipinski definition) is 4. The van der Waals surface area contributed by atoms with E-state index in [2.05, 4.69) is 4.99 Å². The van der Waals surface area contributed by atoms with Gasteiger partial charge in [0.1, 0.15) is 6.34 Å². The van der Waals surface area contributed by atoms with Crippen LogP contribution < -0.4 is 0 Å². The van der Waals surface area contributed by atoms with Crippen LogP contribution in [0.25, 0.3) is 0 Å². The molecule has 1 aliphatic rings. The summed E-state index contributed by atoms with van der Waals surface area (Å²) in [4.78, 5) is 19.1. The van der Waals surface area contributed by atoms with Crippen molar-refractivity contribution in [1.82, 2.24) is 5.06 Å². The average molecular weight is 176 g/mol. The molecule has 0 radical (unpaired) electrons. The average Bonchev–Trinajstić information content (AvgIpc) is 2.39. The maximum Gasteiger partial charge on any atom is 0.335 e. The zero-order chi connectivity index (χ0) is 8.27. The predicted molar refractivity (Wildman–Crippen MR) is 41.9 cm³/mol. The quantitative estimate of drug-likeness (QED) is 0.591. The van der Waals surface area contributed by atoms with Crippen molar-refractivity contribution in [2.45, 2.75) is 13.0 Å². The molecule has 0 aliphatic carbocycles. The summed E-state index contributed by atoms with van der Waals surface area (Å²) in [6, 6.07) is 0. The van der Waals surface area contributed by atoms with Gasteiger partial charge < -0.3 is 10.6 Å². The third-order valence-electron chi connectivity index (χ3n) is 1.30. The molecule has 1 unspecified atom stereocenters.